The first-order valence-corrected chi connectivity index (χ1v) is 10.0. The van der Waals surface area contributed by atoms with Crippen molar-refractivity contribution >= 4 is 5.91 Å². The number of benzene rings is 2. The average molecular weight is 400 g/mol. The minimum atomic E-state index is -1.06. The Morgan fingerprint density at radius 1 is 1.00 bits per heavy atom. The van der Waals surface area contributed by atoms with Crippen LogP contribution in [0, 0.1) is 5.82 Å². The second kappa shape index (κ2) is 9.37. The summed E-state index contributed by atoms with van der Waals surface area (Å²) < 4.78 is 18.8. The normalized spacial score (nSPS) is 15.9. The van der Waals surface area contributed by atoms with E-state index in [4.69, 9.17) is 4.74 Å². The highest BCUT2D eigenvalue weighted by Gasteiger charge is 2.29. The van der Waals surface area contributed by atoms with Crippen molar-refractivity contribution in [3.8, 4) is 5.75 Å². The molecule has 0 saturated carbocycles. The van der Waals surface area contributed by atoms with Crippen LogP contribution in [0.3, 0.4) is 0 Å². The molecule has 156 valence electrons. The molecule has 1 fully saturated rings. The predicted octanol–water partition coefficient (Wildman–Crippen LogP) is 3.05. The van der Waals surface area contributed by atoms with Gasteiger partial charge in [0.05, 0.1) is 0 Å². The van der Waals surface area contributed by atoms with Crippen molar-refractivity contribution in [3.63, 3.8) is 0 Å². The number of nitrogens with one attached hydrogen (secondary N) is 1. The van der Waals surface area contributed by atoms with Gasteiger partial charge in [0.2, 0.25) is 0 Å². The Kier molecular flexibility index (Phi) is 6.87. The van der Waals surface area contributed by atoms with Crippen LogP contribution in [0.25, 0.3) is 0 Å². The summed E-state index contributed by atoms with van der Waals surface area (Å²) in [6, 6.07) is 14.0. The maximum absolute atomic E-state index is 13.0. The van der Waals surface area contributed by atoms with Crippen molar-refractivity contribution in [1.29, 1.82) is 0 Å². The van der Waals surface area contributed by atoms with Gasteiger partial charge in [-0.25, -0.2) is 4.39 Å². The Morgan fingerprint density at radius 2 is 1.59 bits per heavy atom. The van der Waals surface area contributed by atoms with Crippen molar-refractivity contribution in [2.75, 3.05) is 33.2 Å². The molecule has 0 aromatic heterocycles. The Hall–Kier alpha value is -2.44. The van der Waals surface area contributed by atoms with E-state index < -0.39 is 5.60 Å². The van der Waals surface area contributed by atoms with Gasteiger partial charge in [-0.3, -0.25) is 9.69 Å². The molecule has 29 heavy (non-hydrogen) atoms. The molecule has 1 aliphatic heterocycles. The monoisotopic (exact) mass is 399 g/mol. The molecule has 1 aliphatic rings. The number of hydrogen-bond donors (Lipinski definition) is 1. The lowest BCUT2D eigenvalue weighted by molar-refractivity contribution is -0.134. The summed E-state index contributed by atoms with van der Waals surface area (Å²) >= 11 is 0. The highest BCUT2D eigenvalue weighted by Crippen LogP contribution is 2.19. The maximum Gasteiger partial charge on any atom is 0.263 e. The Bertz CT molecular complexity index is 798. The molecular formula is C23H30FN3O2. The summed E-state index contributed by atoms with van der Waals surface area (Å²) in [5, 5.41) is 2.92. The fraction of sp³-hybridized carbons (Fsp3) is 0.435. The third-order valence-corrected chi connectivity index (χ3v) is 5.21. The number of rotatable bonds is 7. The van der Waals surface area contributed by atoms with E-state index in [1.54, 1.807) is 13.8 Å². The van der Waals surface area contributed by atoms with Crippen LogP contribution in [-0.2, 0) is 17.9 Å². The molecule has 1 heterocycles. The van der Waals surface area contributed by atoms with Crippen LogP contribution in [0.15, 0.2) is 48.5 Å². The second-order valence-electron chi connectivity index (χ2n) is 8.14. The van der Waals surface area contributed by atoms with Crippen molar-refractivity contribution in [1.82, 2.24) is 15.1 Å². The molecule has 1 amide bonds. The van der Waals surface area contributed by atoms with Gasteiger partial charge in [-0.15, -0.1) is 0 Å². The van der Waals surface area contributed by atoms with Crippen LogP contribution in [0.1, 0.15) is 25.0 Å². The number of hydrogen-bond acceptors (Lipinski definition) is 4. The number of carbonyl (C=O) groups is 1. The molecule has 0 spiro atoms. The molecule has 2 aromatic carbocycles. The molecule has 0 unspecified atom stereocenters. The number of piperazine rings is 1. The number of ether oxygens (including phenoxy) is 1. The zero-order chi connectivity index (χ0) is 20.9. The third-order valence-electron chi connectivity index (χ3n) is 5.21. The van der Waals surface area contributed by atoms with Gasteiger partial charge in [0.25, 0.3) is 5.91 Å². The predicted molar refractivity (Wildman–Crippen MR) is 112 cm³/mol. The molecule has 1 saturated heterocycles. The highest BCUT2D eigenvalue weighted by molar-refractivity contribution is 5.84. The largest absolute Gasteiger partial charge is 0.478 e. The van der Waals surface area contributed by atoms with E-state index in [9.17, 15) is 9.18 Å². The van der Waals surface area contributed by atoms with Gasteiger partial charge in [0, 0.05) is 39.3 Å². The first-order valence-electron chi connectivity index (χ1n) is 10.0. The van der Waals surface area contributed by atoms with E-state index in [2.05, 4.69) is 46.4 Å². The lowest BCUT2D eigenvalue weighted by Crippen LogP contribution is -2.46. The number of nitrogens with zero attached hydrogens (tertiary/aromatic N) is 2. The molecule has 0 atom stereocenters. The number of halogens is 1. The fourth-order valence-corrected chi connectivity index (χ4v) is 3.27. The zero-order valence-corrected chi connectivity index (χ0v) is 17.5. The minimum absolute atomic E-state index is 0.219. The SMILES string of the molecule is CN1CCN(Cc2ccc(CNC(=O)C(C)(C)Oc3ccc(F)cc3)cc2)CC1. The summed E-state index contributed by atoms with van der Waals surface area (Å²) in [5.41, 5.74) is 1.27. The van der Waals surface area contributed by atoms with Crippen LogP contribution in [0.2, 0.25) is 0 Å². The number of likely N-dealkylation sites (N-methyl/N-ethyl adjacent to an activating group) is 1. The highest BCUT2D eigenvalue weighted by atomic mass is 19.1. The summed E-state index contributed by atoms with van der Waals surface area (Å²) in [7, 11) is 2.16. The minimum Gasteiger partial charge on any atom is -0.478 e. The Labute approximate surface area is 172 Å². The van der Waals surface area contributed by atoms with Crippen LogP contribution in [0.4, 0.5) is 4.39 Å². The maximum atomic E-state index is 13.0. The van der Waals surface area contributed by atoms with Gasteiger partial charge in [0.15, 0.2) is 5.60 Å². The van der Waals surface area contributed by atoms with Gasteiger partial charge < -0.3 is 15.0 Å². The first kappa shape index (κ1) is 21.3. The van der Waals surface area contributed by atoms with E-state index in [1.807, 2.05) is 0 Å². The molecule has 3 rings (SSSR count). The van der Waals surface area contributed by atoms with Gasteiger partial charge >= 0.3 is 0 Å². The van der Waals surface area contributed by atoms with E-state index in [1.165, 1.54) is 29.8 Å². The van der Waals surface area contributed by atoms with E-state index in [0.29, 0.717) is 12.3 Å². The van der Waals surface area contributed by atoms with Crippen molar-refractivity contribution < 1.29 is 13.9 Å². The van der Waals surface area contributed by atoms with Crippen molar-refractivity contribution in [2.24, 2.45) is 0 Å². The molecule has 0 radical (unpaired) electrons. The average Bonchev–Trinajstić information content (AvgIpc) is 2.70. The standard InChI is InChI=1S/C23H30FN3O2/c1-23(2,29-21-10-8-20(24)9-11-21)22(28)25-16-18-4-6-19(7-5-18)17-27-14-12-26(3)13-15-27/h4-11H,12-17H2,1-3H3,(H,25,28). The van der Waals surface area contributed by atoms with Gasteiger partial charge in [-0.2, -0.15) is 0 Å². The molecule has 1 N–H and O–H groups in total. The Balaban J connectivity index is 1.48. The smallest absolute Gasteiger partial charge is 0.263 e. The van der Waals surface area contributed by atoms with Gasteiger partial charge in [-0.05, 0) is 56.3 Å². The number of carbonyl (C=O) groups excluding carboxylic acids is 1. The molecule has 0 aliphatic carbocycles. The van der Waals surface area contributed by atoms with E-state index in [0.717, 1.165) is 38.3 Å². The lowest BCUT2D eigenvalue weighted by atomic mass is 10.1. The van der Waals surface area contributed by atoms with E-state index >= 15 is 0 Å². The lowest BCUT2D eigenvalue weighted by Gasteiger charge is -2.32. The van der Waals surface area contributed by atoms with Crippen molar-refractivity contribution in [2.45, 2.75) is 32.5 Å². The topological polar surface area (TPSA) is 44.8 Å². The summed E-state index contributed by atoms with van der Waals surface area (Å²) in [4.78, 5) is 17.4. The van der Waals surface area contributed by atoms with E-state index in [-0.39, 0.29) is 11.7 Å². The Morgan fingerprint density at radius 3 is 2.21 bits per heavy atom. The number of amides is 1. The van der Waals surface area contributed by atoms with Crippen LogP contribution < -0.4 is 10.1 Å². The molecule has 2 aromatic rings. The fourth-order valence-electron chi connectivity index (χ4n) is 3.27. The van der Waals surface area contributed by atoms with Gasteiger partial charge in [-0.1, -0.05) is 24.3 Å². The zero-order valence-electron chi connectivity index (χ0n) is 17.5. The summed E-state index contributed by atoms with van der Waals surface area (Å²) in [6.45, 7) is 9.20. The molecule has 5 nitrogen and oxygen atoms in total. The third kappa shape index (κ3) is 6.27. The molecule has 6 heteroatoms. The van der Waals surface area contributed by atoms with Crippen LogP contribution in [-0.4, -0.2) is 54.5 Å². The molecular weight excluding hydrogens is 369 g/mol. The quantitative estimate of drug-likeness (QED) is 0.777. The van der Waals surface area contributed by atoms with Gasteiger partial charge in [0.1, 0.15) is 11.6 Å². The van der Waals surface area contributed by atoms with Crippen molar-refractivity contribution in [3.05, 3.63) is 65.5 Å². The van der Waals surface area contributed by atoms with Crippen LogP contribution in [0.5, 0.6) is 5.75 Å². The first-order chi connectivity index (χ1) is 13.8. The second-order valence-corrected chi connectivity index (χ2v) is 8.14. The molecule has 0 bridgehead atoms. The van der Waals surface area contributed by atoms with Crippen LogP contribution >= 0.6 is 0 Å². The summed E-state index contributed by atoms with van der Waals surface area (Å²) in [6.07, 6.45) is 0. The summed E-state index contributed by atoms with van der Waals surface area (Å²) in [5.74, 6) is -0.0983.